The van der Waals surface area contributed by atoms with Crippen LogP contribution in [0.15, 0.2) is 46.0 Å². The highest BCUT2D eigenvalue weighted by Crippen LogP contribution is 2.16. The topological polar surface area (TPSA) is 51.5 Å². The SMILES string of the molecule is O=c1c2ccsc2ccn1CC(O)COCc1cccs1. The van der Waals surface area contributed by atoms with Crippen molar-refractivity contribution in [2.75, 3.05) is 6.61 Å². The molecule has 0 aliphatic heterocycles. The molecular formula is C15H15NO3S2. The van der Waals surface area contributed by atoms with Crippen LogP contribution in [0.25, 0.3) is 10.1 Å². The van der Waals surface area contributed by atoms with E-state index >= 15 is 0 Å². The fourth-order valence-corrected chi connectivity index (χ4v) is 3.53. The standard InChI is InChI=1S/C15H15NO3S2/c17-11(9-19-10-12-2-1-6-20-12)8-16-5-3-14-13(15(16)18)4-7-21-14/h1-7,11,17H,8-10H2. The van der Waals surface area contributed by atoms with Gasteiger partial charge in [0, 0.05) is 15.8 Å². The lowest BCUT2D eigenvalue weighted by molar-refractivity contribution is 0.0209. The number of rotatable bonds is 6. The first-order chi connectivity index (χ1) is 10.2. The maximum atomic E-state index is 12.2. The molecule has 21 heavy (non-hydrogen) atoms. The fourth-order valence-electron chi connectivity index (χ4n) is 2.12. The zero-order valence-electron chi connectivity index (χ0n) is 11.3. The molecule has 3 aromatic rings. The van der Waals surface area contributed by atoms with E-state index in [4.69, 9.17) is 4.74 Å². The molecule has 1 unspecified atom stereocenters. The van der Waals surface area contributed by atoms with Crippen LogP contribution in [0.1, 0.15) is 4.88 Å². The van der Waals surface area contributed by atoms with Crippen LogP contribution in [-0.2, 0) is 17.9 Å². The van der Waals surface area contributed by atoms with Crippen molar-refractivity contribution in [3.05, 3.63) is 56.5 Å². The first kappa shape index (κ1) is 14.5. The lowest BCUT2D eigenvalue weighted by Crippen LogP contribution is -2.28. The van der Waals surface area contributed by atoms with Crippen LogP contribution in [0.3, 0.4) is 0 Å². The first-order valence-corrected chi connectivity index (χ1v) is 8.35. The number of fused-ring (bicyclic) bond motifs is 1. The van der Waals surface area contributed by atoms with Crippen LogP contribution in [0.4, 0.5) is 0 Å². The van der Waals surface area contributed by atoms with Gasteiger partial charge in [0.2, 0.25) is 0 Å². The van der Waals surface area contributed by atoms with Crippen LogP contribution >= 0.6 is 22.7 Å². The third-order valence-electron chi connectivity index (χ3n) is 3.13. The molecule has 0 aliphatic rings. The Kier molecular flexibility index (Phi) is 4.50. The molecule has 0 amide bonds. The summed E-state index contributed by atoms with van der Waals surface area (Å²) in [6.45, 7) is 0.953. The van der Waals surface area contributed by atoms with Crippen LogP contribution in [0.2, 0.25) is 0 Å². The Morgan fingerprint density at radius 1 is 1.24 bits per heavy atom. The molecule has 0 bridgehead atoms. The Balaban J connectivity index is 1.59. The molecule has 3 rings (SSSR count). The molecule has 110 valence electrons. The monoisotopic (exact) mass is 321 g/mol. The van der Waals surface area contributed by atoms with Crippen molar-refractivity contribution < 1.29 is 9.84 Å². The molecule has 0 aromatic carbocycles. The van der Waals surface area contributed by atoms with Crippen LogP contribution in [0, 0.1) is 0 Å². The molecule has 0 spiro atoms. The predicted molar refractivity (Wildman–Crippen MR) is 86.1 cm³/mol. The van der Waals surface area contributed by atoms with Gasteiger partial charge in [-0.1, -0.05) is 6.07 Å². The summed E-state index contributed by atoms with van der Waals surface area (Å²) >= 11 is 3.16. The number of thiophene rings is 2. The van der Waals surface area contributed by atoms with Gasteiger partial charge in [0.1, 0.15) is 0 Å². The first-order valence-electron chi connectivity index (χ1n) is 6.59. The molecule has 3 heterocycles. The van der Waals surface area contributed by atoms with Crippen LogP contribution in [-0.4, -0.2) is 22.4 Å². The number of nitrogens with zero attached hydrogens (tertiary/aromatic N) is 1. The lowest BCUT2D eigenvalue weighted by atomic mass is 10.3. The third-order valence-corrected chi connectivity index (χ3v) is 4.87. The maximum Gasteiger partial charge on any atom is 0.259 e. The van der Waals surface area contributed by atoms with E-state index in [-0.39, 0.29) is 18.7 Å². The average molecular weight is 321 g/mol. The normalized spacial score (nSPS) is 12.8. The van der Waals surface area contributed by atoms with Gasteiger partial charge >= 0.3 is 0 Å². The number of ether oxygens (including phenoxy) is 1. The molecule has 0 saturated carbocycles. The molecule has 6 heteroatoms. The summed E-state index contributed by atoms with van der Waals surface area (Å²) in [4.78, 5) is 13.3. The third kappa shape index (κ3) is 3.41. The second kappa shape index (κ2) is 6.53. The van der Waals surface area contributed by atoms with Gasteiger partial charge in [0.15, 0.2) is 0 Å². The average Bonchev–Trinajstić information content (AvgIpc) is 3.13. The lowest BCUT2D eigenvalue weighted by Gasteiger charge is -2.13. The van der Waals surface area contributed by atoms with E-state index in [1.165, 1.54) is 4.57 Å². The highest BCUT2D eigenvalue weighted by atomic mass is 32.1. The van der Waals surface area contributed by atoms with E-state index in [1.807, 2.05) is 35.0 Å². The largest absolute Gasteiger partial charge is 0.389 e. The maximum absolute atomic E-state index is 12.2. The predicted octanol–water partition coefficient (Wildman–Crippen LogP) is 2.70. The second-order valence-electron chi connectivity index (χ2n) is 4.72. The molecule has 4 nitrogen and oxygen atoms in total. The Hall–Kier alpha value is -1.47. The Labute approximate surface area is 129 Å². The van der Waals surface area contributed by atoms with E-state index in [2.05, 4.69) is 0 Å². The number of hydrogen-bond donors (Lipinski definition) is 1. The summed E-state index contributed by atoms with van der Waals surface area (Å²) in [5, 5.41) is 14.6. The summed E-state index contributed by atoms with van der Waals surface area (Å²) in [7, 11) is 0. The van der Waals surface area contributed by atoms with E-state index in [0.717, 1.165) is 9.58 Å². The van der Waals surface area contributed by atoms with Crippen LogP contribution in [0.5, 0.6) is 0 Å². The summed E-state index contributed by atoms with van der Waals surface area (Å²) < 4.78 is 7.98. The van der Waals surface area contributed by atoms with Crippen molar-refractivity contribution in [1.29, 1.82) is 0 Å². The minimum Gasteiger partial charge on any atom is -0.389 e. The number of aromatic nitrogens is 1. The molecular weight excluding hydrogens is 306 g/mol. The molecule has 0 aliphatic carbocycles. The minimum atomic E-state index is -0.696. The van der Waals surface area contributed by atoms with E-state index < -0.39 is 6.10 Å². The Bertz CT molecular complexity index is 761. The Morgan fingerprint density at radius 3 is 2.95 bits per heavy atom. The van der Waals surface area contributed by atoms with Gasteiger partial charge in [0.05, 0.1) is 31.2 Å². The summed E-state index contributed by atoms with van der Waals surface area (Å²) in [6, 6.07) is 7.68. The van der Waals surface area contributed by atoms with Gasteiger partial charge in [0.25, 0.3) is 5.56 Å². The number of aliphatic hydroxyl groups excluding tert-OH is 1. The van der Waals surface area contributed by atoms with E-state index in [0.29, 0.717) is 12.0 Å². The number of hydrogen-bond acceptors (Lipinski definition) is 5. The van der Waals surface area contributed by atoms with Crippen molar-refractivity contribution in [3.63, 3.8) is 0 Å². The molecule has 1 atom stereocenters. The zero-order valence-corrected chi connectivity index (χ0v) is 12.9. The number of pyridine rings is 1. The van der Waals surface area contributed by atoms with E-state index in [9.17, 15) is 9.90 Å². The van der Waals surface area contributed by atoms with Gasteiger partial charge in [-0.2, -0.15) is 0 Å². The van der Waals surface area contributed by atoms with Crippen molar-refractivity contribution >= 4 is 32.8 Å². The quantitative estimate of drug-likeness (QED) is 0.759. The van der Waals surface area contributed by atoms with Crippen molar-refractivity contribution in [2.45, 2.75) is 19.3 Å². The summed E-state index contributed by atoms with van der Waals surface area (Å²) in [6.07, 6.45) is 1.03. The van der Waals surface area contributed by atoms with Crippen molar-refractivity contribution in [3.8, 4) is 0 Å². The van der Waals surface area contributed by atoms with E-state index in [1.54, 1.807) is 28.9 Å². The highest BCUT2D eigenvalue weighted by molar-refractivity contribution is 7.17. The van der Waals surface area contributed by atoms with Gasteiger partial charge in [-0.25, -0.2) is 0 Å². The molecule has 0 fully saturated rings. The zero-order chi connectivity index (χ0) is 14.7. The fraction of sp³-hybridized carbons (Fsp3) is 0.267. The number of aliphatic hydroxyl groups is 1. The smallest absolute Gasteiger partial charge is 0.259 e. The molecule has 0 saturated heterocycles. The summed E-state index contributed by atoms with van der Waals surface area (Å²) in [5.41, 5.74) is -0.0638. The van der Waals surface area contributed by atoms with Crippen molar-refractivity contribution in [2.24, 2.45) is 0 Å². The van der Waals surface area contributed by atoms with Crippen LogP contribution < -0.4 is 5.56 Å². The molecule has 3 aromatic heterocycles. The van der Waals surface area contributed by atoms with Gasteiger partial charge in [-0.3, -0.25) is 4.79 Å². The van der Waals surface area contributed by atoms with Gasteiger partial charge < -0.3 is 14.4 Å². The van der Waals surface area contributed by atoms with Gasteiger partial charge in [-0.15, -0.1) is 22.7 Å². The minimum absolute atomic E-state index is 0.0638. The molecule has 1 N–H and O–H groups in total. The van der Waals surface area contributed by atoms with Crippen molar-refractivity contribution in [1.82, 2.24) is 4.57 Å². The summed E-state index contributed by atoms with van der Waals surface area (Å²) in [5.74, 6) is 0. The Morgan fingerprint density at radius 2 is 2.14 bits per heavy atom. The van der Waals surface area contributed by atoms with Gasteiger partial charge in [-0.05, 0) is 29.0 Å². The second-order valence-corrected chi connectivity index (χ2v) is 6.70. The molecule has 0 radical (unpaired) electrons. The highest BCUT2D eigenvalue weighted by Gasteiger charge is 2.09.